The maximum absolute atomic E-state index is 13.2. The zero-order valence-electron chi connectivity index (χ0n) is 24.8. The van der Waals surface area contributed by atoms with Crippen LogP contribution in [0, 0.1) is 5.92 Å². The summed E-state index contributed by atoms with van der Waals surface area (Å²) < 4.78 is 7.78. The molecule has 1 heterocycles. The van der Waals surface area contributed by atoms with Crippen molar-refractivity contribution in [3.05, 3.63) is 70.6 Å². The predicted molar refractivity (Wildman–Crippen MR) is 162 cm³/mol. The molecule has 3 N–H and O–H groups in total. The number of primary amides is 1. The molecule has 40 heavy (non-hydrogen) atoms. The van der Waals surface area contributed by atoms with Gasteiger partial charge in [-0.2, -0.15) is 0 Å². The highest BCUT2D eigenvalue weighted by Crippen LogP contribution is 2.28. The number of carbonyl (C=O) groups is 2. The quantitative estimate of drug-likeness (QED) is 0.263. The molecule has 7 nitrogen and oxygen atoms in total. The smallest absolute Gasteiger partial charge is 0.251 e. The molecule has 2 aromatic carbocycles. The van der Waals surface area contributed by atoms with E-state index >= 15 is 0 Å². The van der Waals surface area contributed by atoms with Crippen molar-refractivity contribution < 1.29 is 14.3 Å². The summed E-state index contributed by atoms with van der Waals surface area (Å²) in [4.78, 5) is 29.4. The molecule has 0 aliphatic heterocycles. The molecule has 1 aromatic heterocycles. The Hall–Kier alpha value is -3.32. The lowest BCUT2D eigenvalue weighted by atomic mass is 9.92. The van der Waals surface area contributed by atoms with Gasteiger partial charge in [-0.05, 0) is 62.8 Å². The molecule has 0 aliphatic rings. The fourth-order valence-electron chi connectivity index (χ4n) is 4.84. The van der Waals surface area contributed by atoms with Crippen LogP contribution in [0.1, 0.15) is 82.6 Å². The summed E-state index contributed by atoms with van der Waals surface area (Å²) >= 11 is 6.39. The number of halogens is 1. The normalized spacial score (nSPS) is 13.2. The van der Waals surface area contributed by atoms with Gasteiger partial charge in [-0.25, -0.2) is 4.98 Å². The molecular formula is C32H43ClN4O3. The molecule has 0 saturated heterocycles. The largest absolute Gasteiger partial charge is 0.489 e. The number of amides is 2. The number of hydrogen-bond acceptors (Lipinski definition) is 4. The number of carbonyl (C=O) groups excluding carboxylic acids is 2. The summed E-state index contributed by atoms with van der Waals surface area (Å²) in [5.41, 5.74) is 8.87. The van der Waals surface area contributed by atoms with Crippen LogP contribution in [0.25, 0.3) is 11.3 Å². The molecule has 0 saturated carbocycles. The Kier molecular flexibility index (Phi) is 10.4. The van der Waals surface area contributed by atoms with E-state index in [1.54, 1.807) is 18.2 Å². The molecule has 216 valence electrons. The highest BCUT2D eigenvalue weighted by atomic mass is 35.5. The Morgan fingerprint density at radius 2 is 1.77 bits per heavy atom. The lowest BCUT2D eigenvalue weighted by molar-refractivity contribution is -0.118. The Morgan fingerprint density at radius 1 is 1.10 bits per heavy atom. The molecule has 0 spiro atoms. The zero-order valence-corrected chi connectivity index (χ0v) is 25.5. The fraction of sp³-hybridized carbons (Fsp3) is 0.469. The van der Waals surface area contributed by atoms with Gasteiger partial charge < -0.3 is 20.4 Å². The number of nitrogens with two attached hydrogens (primary N) is 1. The molecule has 0 fully saturated rings. The highest BCUT2D eigenvalue weighted by Gasteiger charge is 2.22. The van der Waals surface area contributed by atoms with Crippen LogP contribution in [0.2, 0.25) is 5.02 Å². The van der Waals surface area contributed by atoms with Crippen LogP contribution in [0.3, 0.4) is 0 Å². The van der Waals surface area contributed by atoms with Crippen molar-refractivity contribution in [3.8, 4) is 17.0 Å². The fourth-order valence-corrected chi connectivity index (χ4v) is 5.07. The van der Waals surface area contributed by atoms with Crippen LogP contribution in [0.5, 0.6) is 5.75 Å². The molecular weight excluding hydrogens is 524 g/mol. The summed E-state index contributed by atoms with van der Waals surface area (Å²) in [5.74, 6) is 1.26. The summed E-state index contributed by atoms with van der Waals surface area (Å²) in [6.07, 6.45) is 4.38. The Balaban J connectivity index is 1.77. The van der Waals surface area contributed by atoms with Gasteiger partial charge in [0.05, 0.1) is 16.8 Å². The van der Waals surface area contributed by atoms with Gasteiger partial charge in [0.2, 0.25) is 5.91 Å². The molecule has 2 atom stereocenters. The first-order valence-corrected chi connectivity index (χ1v) is 14.3. The minimum atomic E-state index is -0.314. The Labute approximate surface area is 243 Å². The van der Waals surface area contributed by atoms with Gasteiger partial charge in [0.25, 0.3) is 5.91 Å². The van der Waals surface area contributed by atoms with E-state index in [9.17, 15) is 9.59 Å². The van der Waals surface area contributed by atoms with Crippen LogP contribution < -0.4 is 15.8 Å². The summed E-state index contributed by atoms with van der Waals surface area (Å²) in [5, 5.41) is 3.59. The Bertz CT molecular complexity index is 1310. The number of aryl methyl sites for hydroxylation is 1. The molecule has 0 bridgehead atoms. The van der Waals surface area contributed by atoms with E-state index in [1.807, 2.05) is 20.9 Å². The highest BCUT2D eigenvalue weighted by molar-refractivity contribution is 6.32. The molecule has 3 rings (SSSR count). The van der Waals surface area contributed by atoms with Crippen LogP contribution in [0.4, 0.5) is 0 Å². The minimum Gasteiger partial charge on any atom is -0.489 e. The van der Waals surface area contributed by atoms with E-state index in [0.717, 1.165) is 22.6 Å². The monoisotopic (exact) mass is 566 g/mol. The van der Waals surface area contributed by atoms with Crippen molar-refractivity contribution in [2.75, 3.05) is 0 Å². The second-order valence-electron chi connectivity index (χ2n) is 12.0. The zero-order chi connectivity index (χ0) is 29.6. The first-order chi connectivity index (χ1) is 18.7. The summed E-state index contributed by atoms with van der Waals surface area (Å²) in [7, 11) is 2.02. The van der Waals surface area contributed by atoms with Crippen molar-refractivity contribution in [3.63, 3.8) is 0 Å². The van der Waals surface area contributed by atoms with E-state index in [2.05, 4.69) is 68.0 Å². The summed E-state index contributed by atoms with van der Waals surface area (Å²) in [6, 6.07) is 13.3. The number of aromatic nitrogens is 2. The molecule has 3 aromatic rings. The summed E-state index contributed by atoms with van der Waals surface area (Å²) in [6.45, 7) is 12.4. The second kappa shape index (κ2) is 13.4. The van der Waals surface area contributed by atoms with Crippen LogP contribution in [0.15, 0.2) is 48.7 Å². The van der Waals surface area contributed by atoms with Crippen molar-refractivity contribution in [2.45, 2.75) is 84.8 Å². The van der Waals surface area contributed by atoms with E-state index in [1.165, 1.54) is 0 Å². The number of imidazole rings is 1. The third-order valence-electron chi connectivity index (χ3n) is 6.74. The average molecular weight is 567 g/mol. The molecule has 2 amide bonds. The van der Waals surface area contributed by atoms with Gasteiger partial charge in [-0.3, -0.25) is 9.59 Å². The predicted octanol–water partition coefficient (Wildman–Crippen LogP) is 6.46. The lowest BCUT2D eigenvalue weighted by Crippen LogP contribution is -2.37. The van der Waals surface area contributed by atoms with Gasteiger partial charge in [-0.15, -0.1) is 0 Å². The van der Waals surface area contributed by atoms with Gasteiger partial charge in [0.1, 0.15) is 11.6 Å². The number of nitrogens with one attached hydrogen (secondary N) is 1. The van der Waals surface area contributed by atoms with Gasteiger partial charge in [0.15, 0.2) is 0 Å². The van der Waals surface area contributed by atoms with Gasteiger partial charge in [0, 0.05) is 42.2 Å². The van der Waals surface area contributed by atoms with E-state index in [4.69, 9.17) is 27.1 Å². The van der Waals surface area contributed by atoms with Crippen molar-refractivity contribution in [1.29, 1.82) is 0 Å². The van der Waals surface area contributed by atoms with E-state index in [0.29, 0.717) is 42.0 Å². The van der Waals surface area contributed by atoms with Crippen molar-refractivity contribution in [1.82, 2.24) is 14.9 Å². The minimum absolute atomic E-state index is 0.0203. The number of hydrogen-bond donors (Lipinski definition) is 2. The van der Waals surface area contributed by atoms with Crippen LogP contribution in [-0.2, 0) is 23.7 Å². The topological polar surface area (TPSA) is 99.2 Å². The number of nitrogens with zero attached hydrogens (tertiary/aromatic N) is 2. The lowest BCUT2D eigenvalue weighted by Gasteiger charge is -2.23. The number of ether oxygens (including phenoxy) is 1. The van der Waals surface area contributed by atoms with E-state index < -0.39 is 0 Å². The van der Waals surface area contributed by atoms with Gasteiger partial charge >= 0.3 is 0 Å². The third-order valence-corrected chi connectivity index (χ3v) is 7.04. The van der Waals surface area contributed by atoms with Crippen LogP contribution >= 0.6 is 11.6 Å². The first kappa shape index (κ1) is 31.2. The third kappa shape index (κ3) is 8.85. The first-order valence-electron chi connectivity index (χ1n) is 13.9. The Morgan fingerprint density at radius 3 is 2.33 bits per heavy atom. The average Bonchev–Trinajstić information content (AvgIpc) is 3.26. The standard InChI is InChI=1S/C32H43ClN4O3/c1-20(2)40-28-14-13-24(18-26(28)33)30(39)35-25(16-21(3)8-15-29(34)38)17-22-9-11-23(12-10-22)27-19-37(7)31(36-27)32(4,5)6/h9-14,18-21,25H,8,15-17H2,1-7H3,(H2,34,38)(H,35,39). The van der Waals surface area contributed by atoms with Crippen molar-refractivity contribution >= 4 is 23.4 Å². The van der Waals surface area contributed by atoms with E-state index in [-0.39, 0.29) is 35.3 Å². The molecule has 0 aliphatic carbocycles. The number of benzene rings is 2. The second-order valence-corrected chi connectivity index (χ2v) is 12.4. The number of rotatable bonds is 12. The molecule has 8 heteroatoms. The maximum Gasteiger partial charge on any atom is 0.251 e. The molecule has 2 unspecified atom stereocenters. The maximum atomic E-state index is 13.2. The van der Waals surface area contributed by atoms with Crippen LogP contribution in [-0.4, -0.2) is 33.5 Å². The van der Waals surface area contributed by atoms with Gasteiger partial charge in [-0.1, -0.05) is 63.6 Å². The van der Waals surface area contributed by atoms with Crippen molar-refractivity contribution in [2.24, 2.45) is 18.7 Å². The SMILES string of the molecule is CC(CCC(N)=O)CC(Cc1ccc(-c2cn(C)c(C(C)(C)C)n2)cc1)NC(=O)c1ccc(OC(C)C)c(Cl)c1. The molecule has 0 radical (unpaired) electrons.